The summed E-state index contributed by atoms with van der Waals surface area (Å²) in [5.41, 5.74) is 2.73. The van der Waals surface area contributed by atoms with Crippen molar-refractivity contribution in [1.29, 1.82) is 0 Å². The van der Waals surface area contributed by atoms with Gasteiger partial charge in [0.15, 0.2) is 0 Å². The summed E-state index contributed by atoms with van der Waals surface area (Å²) in [6.07, 6.45) is 1.87. The Hall–Kier alpha value is -1.02. The minimum absolute atomic E-state index is 0.167. The molecule has 1 rings (SSSR count). The quantitative estimate of drug-likeness (QED) is 0.749. The molecule has 2 nitrogen and oxygen atoms in total. The molecule has 0 radical (unpaired) electrons. The fourth-order valence-corrected chi connectivity index (χ4v) is 1.75. The Kier molecular flexibility index (Phi) is 4.81. The van der Waals surface area contributed by atoms with Crippen LogP contribution in [0.2, 0.25) is 0 Å². The number of rotatable bonds is 5. The van der Waals surface area contributed by atoms with Crippen LogP contribution in [0.3, 0.4) is 0 Å². The van der Waals surface area contributed by atoms with Crippen LogP contribution in [-0.4, -0.2) is 18.3 Å². The number of hydrogen-bond donors (Lipinski definition) is 2. The van der Waals surface area contributed by atoms with Gasteiger partial charge >= 0.3 is 0 Å². The fourth-order valence-electron chi connectivity index (χ4n) is 1.75. The highest BCUT2D eigenvalue weighted by atomic mass is 16.2. The average Bonchev–Trinajstić information content (AvgIpc) is 2.24. The molecule has 16 heavy (non-hydrogen) atoms. The molecule has 0 aliphatic heterocycles. The van der Waals surface area contributed by atoms with Crippen molar-refractivity contribution in [3.63, 3.8) is 0 Å². The Labute approximate surface area is 98.7 Å². The summed E-state index contributed by atoms with van der Waals surface area (Å²) in [7, 11) is 0. The molecule has 0 saturated carbocycles. The molecule has 0 fully saturated rings. The second-order valence-corrected chi connectivity index (χ2v) is 5.15. The monoisotopic (exact) mass is 221 g/mol. The highest BCUT2D eigenvalue weighted by molar-refractivity contribution is 5.54. The molecule has 2 heteroatoms. The molecule has 0 spiro atoms. The number of aliphatic hydroxyl groups excluding tert-OH is 1. The third kappa shape index (κ3) is 3.86. The van der Waals surface area contributed by atoms with Gasteiger partial charge in [-0.15, -0.1) is 0 Å². The number of benzene rings is 1. The zero-order valence-corrected chi connectivity index (χ0v) is 10.6. The highest BCUT2D eigenvalue weighted by Crippen LogP contribution is 2.29. The zero-order chi connectivity index (χ0) is 12.0. The number of unbranched alkanes of at least 4 members (excludes halogenated alkanes) is 1. The average molecular weight is 221 g/mol. The second-order valence-electron chi connectivity index (χ2n) is 5.15. The maximum absolute atomic E-state index is 8.72. The predicted molar refractivity (Wildman–Crippen MR) is 70.0 cm³/mol. The van der Waals surface area contributed by atoms with Gasteiger partial charge in [0.05, 0.1) is 0 Å². The highest BCUT2D eigenvalue weighted by Gasteiger charge is 2.16. The second kappa shape index (κ2) is 5.90. The zero-order valence-electron chi connectivity index (χ0n) is 10.6. The van der Waals surface area contributed by atoms with Crippen LogP contribution in [0.25, 0.3) is 0 Å². The Balaban J connectivity index is 2.65. The van der Waals surface area contributed by atoms with E-state index in [1.165, 1.54) is 11.3 Å². The van der Waals surface area contributed by atoms with Crippen LogP contribution in [0, 0.1) is 0 Å². The Morgan fingerprint density at radius 2 is 1.81 bits per heavy atom. The van der Waals surface area contributed by atoms with Crippen molar-refractivity contribution >= 4 is 5.69 Å². The molecule has 90 valence electrons. The van der Waals surface area contributed by atoms with E-state index in [2.05, 4.69) is 50.4 Å². The van der Waals surface area contributed by atoms with E-state index in [0.29, 0.717) is 0 Å². The lowest BCUT2D eigenvalue weighted by Gasteiger charge is -2.23. The first-order valence-corrected chi connectivity index (χ1v) is 6.00. The SMILES string of the molecule is CC(C)(C)c1ccccc1NCCCCO. The summed E-state index contributed by atoms with van der Waals surface area (Å²) < 4.78 is 0. The molecule has 0 heterocycles. The van der Waals surface area contributed by atoms with Crippen LogP contribution >= 0.6 is 0 Å². The molecule has 0 aliphatic carbocycles. The van der Waals surface area contributed by atoms with Crippen LogP contribution in [0.1, 0.15) is 39.2 Å². The number of anilines is 1. The summed E-state index contributed by atoms with van der Waals surface area (Å²) in [4.78, 5) is 0. The Bertz CT molecular complexity index is 315. The minimum atomic E-state index is 0.167. The molecule has 1 aromatic rings. The maximum Gasteiger partial charge on any atom is 0.0431 e. The van der Waals surface area contributed by atoms with E-state index in [4.69, 9.17) is 5.11 Å². The molecule has 1 aromatic carbocycles. The van der Waals surface area contributed by atoms with Crippen LogP contribution in [-0.2, 0) is 5.41 Å². The van der Waals surface area contributed by atoms with Crippen LogP contribution in [0.4, 0.5) is 5.69 Å². The van der Waals surface area contributed by atoms with Crippen molar-refractivity contribution in [2.24, 2.45) is 0 Å². The fraction of sp³-hybridized carbons (Fsp3) is 0.571. The molecule has 0 aromatic heterocycles. The largest absolute Gasteiger partial charge is 0.396 e. The van der Waals surface area contributed by atoms with Gasteiger partial charge in [-0.3, -0.25) is 0 Å². The summed E-state index contributed by atoms with van der Waals surface area (Å²) in [6, 6.07) is 8.44. The number of nitrogens with one attached hydrogen (secondary N) is 1. The van der Waals surface area contributed by atoms with E-state index >= 15 is 0 Å². The molecule has 0 saturated heterocycles. The normalized spacial score (nSPS) is 11.5. The van der Waals surface area contributed by atoms with Gasteiger partial charge in [0.25, 0.3) is 0 Å². The van der Waals surface area contributed by atoms with Gasteiger partial charge in [0.1, 0.15) is 0 Å². The molecule has 0 aliphatic rings. The molecular formula is C14H23NO. The molecule has 0 atom stereocenters. The topological polar surface area (TPSA) is 32.3 Å². The number of aliphatic hydroxyl groups is 1. The lowest BCUT2D eigenvalue weighted by Crippen LogP contribution is -2.15. The van der Waals surface area contributed by atoms with Gasteiger partial charge in [-0.05, 0) is 29.9 Å². The summed E-state index contributed by atoms with van der Waals surface area (Å²) in [5.74, 6) is 0. The summed E-state index contributed by atoms with van der Waals surface area (Å²) in [5, 5.41) is 12.2. The van der Waals surface area contributed by atoms with Gasteiger partial charge in [0, 0.05) is 18.8 Å². The number of para-hydroxylation sites is 1. The third-order valence-corrected chi connectivity index (χ3v) is 2.64. The summed E-state index contributed by atoms with van der Waals surface area (Å²) in [6.45, 7) is 7.87. The predicted octanol–water partition coefficient (Wildman–Crippen LogP) is 3.17. The third-order valence-electron chi connectivity index (χ3n) is 2.64. The standard InChI is InChI=1S/C14H23NO/c1-14(2,3)12-8-4-5-9-13(12)15-10-6-7-11-16/h4-5,8-9,15-16H,6-7,10-11H2,1-3H3. The van der Waals surface area contributed by atoms with E-state index in [1.807, 2.05) is 0 Å². The van der Waals surface area contributed by atoms with Crippen LogP contribution in [0.5, 0.6) is 0 Å². The Morgan fingerprint density at radius 3 is 2.44 bits per heavy atom. The summed E-state index contributed by atoms with van der Waals surface area (Å²) >= 11 is 0. The lowest BCUT2D eigenvalue weighted by atomic mass is 9.86. The lowest BCUT2D eigenvalue weighted by molar-refractivity contribution is 0.286. The van der Waals surface area contributed by atoms with Crippen molar-refractivity contribution < 1.29 is 5.11 Å². The van der Waals surface area contributed by atoms with Crippen molar-refractivity contribution in [3.05, 3.63) is 29.8 Å². The molecule has 0 amide bonds. The van der Waals surface area contributed by atoms with Gasteiger partial charge in [0.2, 0.25) is 0 Å². The Morgan fingerprint density at radius 1 is 1.12 bits per heavy atom. The van der Waals surface area contributed by atoms with Gasteiger partial charge in [-0.2, -0.15) is 0 Å². The first-order chi connectivity index (χ1) is 7.55. The smallest absolute Gasteiger partial charge is 0.0431 e. The van der Waals surface area contributed by atoms with Gasteiger partial charge in [-0.25, -0.2) is 0 Å². The van der Waals surface area contributed by atoms with Crippen molar-refractivity contribution in [2.45, 2.75) is 39.0 Å². The first-order valence-electron chi connectivity index (χ1n) is 6.00. The molecule has 2 N–H and O–H groups in total. The molecule has 0 unspecified atom stereocenters. The van der Waals surface area contributed by atoms with E-state index < -0.39 is 0 Å². The van der Waals surface area contributed by atoms with Crippen LogP contribution < -0.4 is 5.32 Å². The van der Waals surface area contributed by atoms with E-state index in [-0.39, 0.29) is 12.0 Å². The van der Waals surface area contributed by atoms with Crippen LogP contribution in [0.15, 0.2) is 24.3 Å². The van der Waals surface area contributed by atoms with Gasteiger partial charge < -0.3 is 10.4 Å². The molecular weight excluding hydrogens is 198 g/mol. The van der Waals surface area contributed by atoms with Crippen molar-refractivity contribution in [3.8, 4) is 0 Å². The first kappa shape index (κ1) is 13.0. The molecule has 0 bridgehead atoms. The van der Waals surface area contributed by atoms with E-state index in [0.717, 1.165) is 19.4 Å². The van der Waals surface area contributed by atoms with E-state index in [1.54, 1.807) is 0 Å². The minimum Gasteiger partial charge on any atom is -0.396 e. The van der Waals surface area contributed by atoms with E-state index in [9.17, 15) is 0 Å². The van der Waals surface area contributed by atoms with Crippen molar-refractivity contribution in [1.82, 2.24) is 0 Å². The van der Waals surface area contributed by atoms with Crippen molar-refractivity contribution in [2.75, 3.05) is 18.5 Å². The number of hydrogen-bond acceptors (Lipinski definition) is 2. The van der Waals surface area contributed by atoms with Gasteiger partial charge in [-0.1, -0.05) is 39.0 Å². The maximum atomic E-state index is 8.72.